The summed E-state index contributed by atoms with van der Waals surface area (Å²) < 4.78 is 0. The number of thioether (sulfide) groups is 1. The second kappa shape index (κ2) is 7.66. The smallest absolute Gasteiger partial charge is 0.308 e. The zero-order valence-corrected chi connectivity index (χ0v) is 15.1. The van der Waals surface area contributed by atoms with Gasteiger partial charge in [-0.05, 0) is 37.1 Å². The molecule has 0 saturated carbocycles. The second-order valence-corrected chi connectivity index (χ2v) is 7.70. The molecule has 1 N–H and O–H groups in total. The summed E-state index contributed by atoms with van der Waals surface area (Å²) in [6.07, 6.45) is 1.26. The van der Waals surface area contributed by atoms with Gasteiger partial charge in [-0.25, -0.2) is 0 Å². The molecule has 6 nitrogen and oxygen atoms in total. The van der Waals surface area contributed by atoms with E-state index < -0.39 is 17.9 Å². The van der Waals surface area contributed by atoms with Crippen molar-refractivity contribution in [2.24, 2.45) is 5.92 Å². The first-order chi connectivity index (χ1) is 12.0. The van der Waals surface area contributed by atoms with E-state index in [9.17, 15) is 19.5 Å². The summed E-state index contributed by atoms with van der Waals surface area (Å²) >= 11 is 7.39. The van der Waals surface area contributed by atoms with E-state index in [1.165, 1.54) is 11.8 Å². The fourth-order valence-electron chi connectivity index (χ4n) is 3.20. The fraction of sp³-hybridized carbons (Fsp3) is 0.471. The molecule has 2 atom stereocenters. The van der Waals surface area contributed by atoms with Gasteiger partial charge in [-0.1, -0.05) is 11.6 Å². The zero-order chi connectivity index (χ0) is 18.0. The van der Waals surface area contributed by atoms with Gasteiger partial charge < -0.3 is 14.9 Å². The van der Waals surface area contributed by atoms with E-state index in [1.807, 2.05) is 0 Å². The third-order valence-electron chi connectivity index (χ3n) is 4.60. The topological polar surface area (TPSA) is 77.9 Å². The van der Waals surface area contributed by atoms with Crippen molar-refractivity contribution >= 4 is 41.1 Å². The van der Waals surface area contributed by atoms with Gasteiger partial charge in [0.05, 0.1) is 11.8 Å². The standard InChI is InChI=1S/C17H19ClN2O4S/c18-13-5-3-11(4-6-13)15(21)20-10-25-9-14(20)16(22)19-7-1-2-12(8-19)17(23)24/h3-6,12,14H,1-2,7-10H2,(H,23,24). The highest BCUT2D eigenvalue weighted by molar-refractivity contribution is 7.99. The summed E-state index contributed by atoms with van der Waals surface area (Å²) in [4.78, 5) is 40.0. The molecular weight excluding hydrogens is 364 g/mol. The number of likely N-dealkylation sites (tertiary alicyclic amines) is 1. The molecule has 25 heavy (non-hydrogen) atoms. The van der Waals surface area contributed by atoms with Crippen molar-refractivity contribution in [2.45, 2.75) is 18.9 Å². The van der Waals surface area contributed by atoms with Crippen LogP contribution in [0.25, 0.3) is 0 Å². The fourth-order valence-corrected chi connectivity index (χ4v) is 4.47. The molecule has 2 unspecified atom stereocenters. The number of aliphatic carboxylic acids is 1. The normalized spacial score (nSPS) is 23.6. The van der Waals surface area contributed by atoms with Crippen LogP contribution in [0.4, 0.5) is 0 Å². The Kier molecular flexibility index (Phi) is 5.54. The molecule has 2 heterocycles. The van der Waals surface area contributed by atoms with E-state index in [2.05, 4.69) is 0 Å². The first-order valence-electron chi connectivity index (χ1n) is 8.13. The van der Waals surface area contributed by atoms with E-state index >= 15 is 0 Å². The zero-order valence-electron chi connectivity index (χ0n) is 13.6. The van der Waals surface area contributed by atoms with Gasteiger partial charge in [0.15, 0.2) is 0 Å². The lowest BCUT2D eigenvalue weighted by Crippen LogP contribution is -2.52. The van der Waals surface area contributed by atoms with Gasteiger partial charge in [-0.3, -0.25) is 14.4 Å². The first-order valence-corrected chi connectivity index (χ1v) is 9.66. The predicted octanol–water partition coefficient (Wildman–Crippen LogP) is 2.18. The summed E-state index contributed by atoms with van der Waals surface area (Å²) in [5.74, 6) is -0.759. The molecule has 0 aromatic heterocycles. The molecule has 2 fully saturated rings. The summed E-state index contributed by atoms with van der Waals surface area (Å²) in [6, 6.07) is 6.06. The van der Waals surface area contributed by atoms with E-state index in [4.69, 9.17) is 11.6 Å². The Morgan fingerprint density at radius 2 is 1.92 bits per heavy atom. The minimum Gasteiger partial charge on any atom is -0.481 e. The number of nitrogens with zero attached hydrogens (tertiary/aromatic N) is 2. The largest absolute Gasteiger partial charge is 0.481 e. The maximum Gasteiger partial charge on any atom is 0.308 e. The Morgan fingerprint density at radius 1 is 1.20 bits per heavy atom. The van der Waals surface area contributed by atoms with Crippen molar-refractivity contribution in [1.29, 1.82) is 0 Å². The molecule has 2 amide bonds. The van der Waals surface area contributed by atoms with Crippen LogP contribution in [-0.4, -0.2) is 63.5 Å². The summed E-state index contributed by atoms with van der Waals surface area (Å²) in [5.41, 5.74) is 0.492. The Morgan fingerprint density at radius 3 is 2.60 bits per heavy atom. The minimum atomic E-state index is -0.868. The molecule has 2 saturated heterocycles. The van der Waals surface area contributed by atoms with Crippen LogP contribution in [0.15, 0.2) is 24.3 Å². The van der Waals surface area contributed by atoms with Crippen LogP contribution in [0.2, 0.25) is 5.02 Å². The van der Waals surface area contributed by atoms with Crippen molar-refractivity contribution in [3.05, 3.63) is 34.9 Å². The number of benzene rings is 1. The molecule has 1 aromatic carbocycles. The number of carbonyl (C=O) groups is 3. The Hall–Kier alpha value is -1.73. The monoisotopic (exact) mass is 382 g/mol. The molecule has 2 aliphatic rings. The third-order valence-corrected chi connectivity index (χ3v) is 5.87. The van der Waals surface area contributed by atoms with E-state index in [-0.39, 0.29) is 18.4 Å². The lowest BCUT2D eigenvalue weighted by molar-refractivity contribution is -0.146. The Bertz CT molecular complexity index is 682. The van der Waals surface area contributed by atoms with Crippen molar-refractivity contribution < 1.29 is 19.5 Å². The molecular formula is C17H19ClN2O4S. The van der Waals surface area contributed by atoms with Crippen molar-refractivity contribution in [2.75, 3.05) is 24.7 Å². The van der Waals surface area contributed by atoms with Crippen molar-refractivity contribution in [3.8, 4) is 0 Å². The van der Waals surface area contributed by atoms with Crippen LogP contribution in [0.5, 0.6) is 0 Å². The highest BCUT2D eigenvalue weighted by Crippen LogP contribution is 2.27. The van der Waals surface area contributed by atoms with E-state index in [1.54, 1.807) is 34.1 Å². The van der Waals surface area contributed by atoms with Gasteiger partial charge in [-0.2, -0.15) is 0 Å². The average molecular weight is 383 g/mol. The number of piperidine rings is 1. The van der Waals surface area contributed by atoms with Gasteiger partial charge in [0.1, 0.15) is 6.04 Å². The third kappa shape index (κ3) is 3.93. The summed E-state index contributed by atoms with van der Waals surface area (Å²) in [6.45, 7) is 0.769. The Labute approximate surface area is 155 Å². The van der Waals surface area contributed by atoms with Gasteiger partial charge in [-0.15, -0.1) is 11.8 Å². The average Bonchev–Trinajstić information content (AvgIpc) is 3.11. The molecule has 0 spiro atoms. The number of carboxylic acids is 1. The highest BCUT2D eigenvalue weighted by atomic mass is 35.5. The van der Waals surface area contributed by atoms with Gasteiger partial charge in [0.2, 0.25) is 5.91 Å². The number of hydrogen-bond acceptors (Lipinski definition) is 4. The van der Waals surface area contributed by atoms with Crippen LogP contribution in [0.3, 0.4) is 0 Å². The highest BCUT2D eigenvalue weighted by Gasteiger charge is 2.39. The molecule has 134 valence electrons. The van der Waals surface area contributed by atoms with Gasteiger partial charge in [0.25, 0.3) is 5.91 Å². The number of carboxylic acid groups (broad SMARTS) is 1. The number of amides is 2. The molecule has 3 rings (SSSR count). The van der Waals surface area contributed by atoms with E-state index in [0.717, 1.165) is 0 Å². The number of halogens is 1. The Balaban J connectivity index is 1.72. The second-order valence-electron chi connectivity index (χ2n) is 6.26. The van der Waals surface area contributed by atoms with Crippen LogP contribution in [0, 0.1) is 5.92 Å². The maximum atomic E-state index is 12.9. The number of hydrogen-bond donors (Lipinski definition) is 1. The van der Waals surface area contributed by atoms with Crippen LogP contribution >= 0.6 is 23.4 Å². The van der Waals surface area contributed by atoms with E-state index in [0.29, 0.717) is 41.6 Å². The molecule has 1 aromatic rings. The van der Waals surface area contributed by atoms with Gasteiger partial charge in [0, 0.05) is 29.4 Å². The molecule has 8 heteroatoms. The lowest BCUT2D eigenvalue weighted by Gasteiger charge is -2.34. The van der Waals surface area contributed by atoms with Crippen molar-refractivity contribution in [3.63, 3.8) is 0 Å². The summed E-state index contributed by atoms with van der Waals surface area (Å²) in [5, 5.41) is 9.75. The quantitative estimate of drug-likeness (QED) is 0.866. The van der Waals surface area contributed by atoms with Crippen LogP contribution in [-0.2, 0) is 9.59 Å². The first kappa shape index (κ1) is 18.1. The molecule has 2 aliphatic heterocycles. The summed E-state index contributed by atoms with van der Waals surface area (Å²) in [7, 11) is 0. The molecule has 0 radical (unpaired) electrons. The predicted molar refractivity (Wildman–Crippen MR) is 95.7 cm³/mol. The number of rotatable bonds is 3. The molecule has 0 bridgehead atoms. The SMILES string of the molecule is O=C(O)C1CCCN(C(=O)C2CSCN2C(=O)c2ccc(Cl)cc2)C1. The van der Waals surface area contributed by atoms with Gasteiger partial charge >= 0.3 is 5.97 Å². The van der Waals surface area contributed by atoms with Crippen LogP contribution in [0.1, 0.15) is 23.2 Å². The molecule has 0 aliphatic carbocycles. The van der Waals surface area contributed by atoms with Crippen molar-refractivity contribution in [1.82, 2.24) is 9.80 Å². The lowest BCUT2D eigenvalue weighted by atomic mass is 9.97. The van der Waals surface area contributed by atoms with Crippen LogP contribution < -0.4 is 0 Å². The minimum absolute atomic E-state index is 0.154. The maximum absolute atomic E-state index is 12.9. The number of carbonyl (C=O) groups excluding carboxylic acids is 2.